The molecule has 0 radical (unpaired) electrons. The highest BCUT2D eigenvalue weighted by Crippen LogP contribution is 2.31. The number of aromatic nitrogens is 1. The quantitative estimate of drug-likeness (QED) is 0.753. The molecule has 0 aliphatic rings. The molecule has 3 rings (SSSR count). The van der Waals surface area contributed by atoms with Gasteiger partial charge in [0.1, 0.15) is 4.21 Å². The topological polar surface area (TPSA) is 59.1 Å². The number of nitrogens with one attached hydrogen (secondary N) is 1. The van der Waals surface area contributed by atoms with E-state index in [-0.39, 0.29) is 4.21 Å². The summed E-state index contributed by atoms with van der Waals surface area (Å²) in [5, 5.41) is 0.361. The van der Waals surface area contributed by atoms with Crippen LogP contribution < -0.4 is 4.72 Å². The highest BCUT2D eigenvalue weighted by molar-refractivity contribution is 7.95. The molecule has 110 valence electrons. The van der Waals surface area contributed by atoms with Crippen molar-refractivity contribution in [2.75, 3.05) is 4.72 Å². The van der Waals surface area contributed by atoms with Crippen molar-refractivity contribution in [3.63, 3.8) is 0 Å². The van der Waals surface area contributed by atoms with Gasteiger partial charge in [0.05, 0.1) is 14.6 Å². The van der Waals surface area contributed by atoms with Crippen molar-refractivity contribution in [1.29, 1.82) is 0 Å². The summed E-state index contributed by atoms with van der Waals surface area (Å²) in [6.07, 6.45) is 0. The zero-order valence-corrected chi connectivity index (χ0v) is 14.4. The van der Waals surface area contributed by atoms with Crippen LogP contribution >= 0.6 is 34.3 Å². The first-order valence-electron chi connectivity index (χ1n) is 6.01. The maximum Gasteiger partial charge on any atom is 0.273 e. The number of hydrogen-bond acceptors (Lipinski definition) is 5. The van der Waals surface area contributed by atoms with E-state index in [2.05, 4.69) is 9.71 Å². The molecule has 0 amide bonds. The highest BCUT2D eigenvalue weighted by atomic mass is 35.5. The van der Waals surface area contributed by atoms with Crippen molar-refractivity contribution in [1.82, 2.24) is 4.98 Å². The third-order valence-corrected chi connectivity index (χ3v) is 7.16. The molecule has 8 heteroatoms. The average molecular weight is 359 g/mol. The number of rotatable bonds is 3. The first-order chi connectivity index (χ1) is 9.85. The molecule has 0 atom stereocenters. The zero-order chi connectivity index (χ0) is 15.2. The number of aryl methyl sites for hydroxylation is 2. The minimum absolute atomic E-state index is 0.180. The summed E-state index contributed by atoms with van der Waals surface area (Å²) < 4.78 is 28.5. The van der Waals surface area contributed by atoms with Gasteiger partial charge in [0.2, 0.25) is 0 Å². The van der Waals surface area contributed by atoms with Crippen LogP contribution in [0.3, 0.4) is 0 Å². The van der Waals surface area contributed by atoms with E-state index in [0.717, 1.165) is 32.7 Å². The van der Waals surface area contributed by atoms with Crippen molar-refractivity contribution in [3.05, 3.63) is 39.7 Å². The smallest absolute Gasteiger partial charge is 0.254 e. The molecular weight excluding hydrogens is 348 g/mol. The van der Waals surface area contributed by atoms with Crippen LogP contribution in [0.15, 0.2) is 28.5 Å². The van der Waals surface area contributed by atoms with Crippen LogP contribution in [0.4, 0.5) is 5.13 Å². The molecular formula is C13H11ClN2O2S3. The molecule has 3 aromatic rings. The van der Waals surface area contributed by atoms with Gasteiger partial charge < -0.3 is 0 Å². The molecule has 4 nitrogen and oxygen atoms in total. The molecule has 1 N–H and O–H groups in total. The summed E-state index contributed by atoms with van der Waals surface area (Å²) >= 11 is 8.12. The van der Waals surface area contributed by atoms with Crippen LogP contribution in [0.5, 0.6) is 0 Å². The Kier molecular flexibility index (Phi) is 3.69. The maximum absolute atomic E-state index is 12.2. The van der Waals surface area contributed by atoms with E-state index in [1.807, 2.05) is 26.0 Å². The van der Waals surface area contributed by atoms with E-state index in [0.29, 0.717) is 9.47 Å². The average Bonchev–Trinajstić information content (AvgIpc) is 2.96. The predicted octanol–water partition coefficient (Wildman–Crippen LogP) is 4.43. The van der Waals surface area contributed by atoms with Crippen LogP contribution in [-0.2, 0) is 10.0 Å². The normalized spacial score (nSPS) is 12.0. The minimum atomic E-state index is -3.63. The second-order valence-corrected chi connectivity index (χ2v) is 9.24. The van der Waals surface area contributed by atoms with E-state index in [1.165, 1.54) is 17.4 Å². The molecule has 0 aliphatic carbocycles. The molecule has 0 fully saturated rings. The maximum atomic E-state index is 12.2. The van der Waals surface area contributed by atoms with E-state index < -0.39 is 10.0 Å². The second kappa shape index (κ2) is 5.24. The number of anilines is 1. The van der Waals surface area contributed by atoms with Crippen molar-refractivity contribution in [2.45, 2.75) is 18.1 Å². The number of benzene rings is 1. The number of hydrogen-bond donors (Lipinski definition) is 1. The zero-order valence-electron chi connectivity index (χ0n) is 11.2. The Balaban J connectivity index is 1.98. The molecule has 0 spiro atoms. The molecule has 0 saturated heterocycles. The van der Waals surface area contributed by atoms with Gasteiger partial charge in [-0.15, -0.1) is 11.3 Å². The number of sulfonamides is 1. The summed E-state index contributed by atoms with van der Waals surface area (Å²) in [5.74, 6) is 0. The van der Waals surface area contributed by atoms with Gasteiger partial charge in [-0.1, -0.05) is 22.9 Å². The van der Waals surface area contributed by atoms with E-state index in [1.54, 1.807) is 6.07 Å². The Hall–Kier alpha value is -1.15. The van der Waals surface area contributed by atoms with Gasteiger partial charge in [0.15, 0.2) is 5.13 Å². The lowest BCUT2D eigenvalue weighted by atomic mass is 10.1. The van der Waals surface area contributed by atoms with E-state index >= 15 is 0 Å². The molecule has 0 bridgehead atoms. The summed E-state index contributed by atoms with van der Waals surface area (Å²) in [6, 6.07) is 7.02. The SMILES string of the molecule is Cc1cc2nc(NS(=O)(=O)c3ccc(Cl)s3)sc2cc1C. The molecule has 2 heterocycles. The van der Waals surface area contributed by atoms with Gasteiger partial charge in [-0.25, -0.2) is 13.4 Å². The Bertz CT molecular complexity index is 889. The lowest BCUT2D eigenvalue weighted by Crippen LogP contribution is -2.10. The number of fused-ring (bicyclic) bond motifs is 1. The summed E-state index contributed by atoms with van der Waals surface area (Å²) in [7, 11) is -3.63. The number of thiophene rings is 1. The molecule has 0 unspecified atom stereocenters. The standard InChI is InChI=1S/C13H11ClN2O2S3/c1-7-5-9-10(6-8(7)2)19-13(15-9)16-21(17,18)12-4-3-11(14)20-12/h3-6H,1-2H3,(H,15,16). The van der Waals surface area contributed by atoms with Crippen molar-refractivity contribution in [3.8, 4) is 0 Å². The van der Waals surface area contributed by atoms with Gasteiger partial charge in [0, 0.05) is 0 Å². The summed E-state index contributed by atoms with van der Waals surface area (Å²) in [5.41, 5.74) is 3.09. The number of thiazole rings is 1. The van der Waals surface area contributed by atoms with Crippen molar-refractivity contribution in [2.24, 2.45) is 0 Å². The fourth-order valence-corrected chi connectivity index (χ4v) is 5.49. The molecule has 1 aromatic carbocycles. The largest absolute Gasteiger partial charge is 0.273 e. The number of nitrogens with zero attached hydrogens (tertiary/aromatic N) is 1. The van der Waals surface area contributed by atoms with E-state index in [9.17, 15) is 8.42 Å². The molecule has 2 aromatic heterocycles. The first-order valence-corrected chi connectivity index (χ1v) is 9.50. The van der Waals surface area contributed by atoms with Crippen molar-refractivity contribution >= 4 is 59.6 Å². The lowest BCUT2D eigenvalue weighted by Gasteiger charge is -2.00. The predicted molar refractivity (Wildman–Crippen MR) is 89.2 cm³/mol. The first kappa shape index (κ1) is 14.8. The fraction of sp³-hybridized carbons (Fsp3) is 0.154. The van der Waals surface area contributed by atoms with Gasteiger partial charge in [0.25, 0.3) is 10.0 Å². The Morgan fingerprint density at radius 2 is 1.86 bits per heavy atom. The van der Waals surface area contributed by atoms with Gasteiger partial charge in [-0.2, -0.15) is 0 Å². The highest BCUT2D eigenvalue weighted by Gasteiger charge is 2.19. The molecule has 0 saturated carbocycles. The number of halogens is 1. The Labute approximate surface area is 135 Å². The van der Waals surface area contributed by atoms with E-state index in [4.69, 9.17) is 11.6 Å². The van der Waals surface area contributed by atoms with Crippen LogP contribution in [0.1, 0.15) is 11.1 Å². The third-order valence-electron chi connectivity index (χ3n) is 3.04. The van der Waals surface area contributed by atoms with Crippen LogP contribution in [0.25, 0.3) is 10.2 Å². The summed E-state index contributed by atoms with van der Waals surface area (Å²) in [6.45, 7) is 4.03. The minimum Gasteiger partial charge on any atom is -0.254 e. The summed E-state index contributed by atoms with van der Waals surface area (Å²) in [4.78, 5) is 4.33. The fourth-order valence-electron chi connectivity index (χ4n) is 1.83. The molecule has 0 aliphatic heterocycles. The lowest BCUT2D eigenvalue weighted by molar-refractivity contribution is 0.603. The Morgan fingerprint density at radius 1 is 1.14 bits per heavy atom. The van der Waals surface area contributed by atoms with Crippen LogP contribution in [-0.4, -0.2) is 13.4 Å². The van der Waals surface area contributed by atoms with Crippen LogP contribution in [0, 0.1) is 13.8 Å². The Morgan fingerprint density at radius 3 is 2.52 bits per heavy atom. The van der Waals surface area contributed by atoms with Gasteiger partial charge >= 0.3 is 0 Å². The van der Waals surface area contributed by atoms with Gasteiger partial charge in [-0.3, -0.25) is 4.72 Å². The van der Waals surface area contributed by atoms with Crippen LogP contribution in [0.2, 0.25) is 4.34 Å². The second-order valence-electron chi connectivity index (χ2n) is 4.59. The third kappa shape index (κ3) is 2.91. The molecule has 21 heavy (non-hydrogen) atoms. The monoisotopic (exact) mass is 358 g/mol. The van der Waals surface area contributed by atoms with Crippen molar-refractivity contribution < 1.29 is 8.42 Å². The van der Waals surface area contributed by atoms with Gasteiger partial charge in [-0.05, 0) is 49.2 Å².